The van der Waals surface area contributed by atoms with Crippen molar-refractivity contribution in [1.82, 2.24) is 14.9 Å². The molecular formula is C22H25Cl2N3O. The quantitative estimate of drug-likeness (QED) is 0.535. The second kappa shape index (κ2) is 9.17. The molecule has 0 aliphatic carbocycles. The molecule has 4 nitrogen and oxygen atoms in total. The summed E-state index contributed by atoms with van der Waals surface area (Å²) in [5.74, 6) is 2.38. The van der Waals surface area contributed by atoms with Crippen molar-refractivity contribution in [2.75, 3.05) is 13.1 Å². The first-order valence-corrected chi connectivity index (χ1v) is 10.7. The van der Waals surface area contributed by atoms with Crippen LogP contribution in [0.3, 0.4) is 0 Å². The van der Waals surface area contributed by atoms with E-state index < -0.39 is 0 Å². The highest BCUT2D eigenvalue weighted by Gasteiger charge is 2.15. The van der Waals surface area contributed by atoms with Crippen molar-refractivity contribution in [1.29, 1.82) is 0 Å². The van der Waals surface area contributed by atoms with Crippen LogP contribution in [0.1, 0.15) is 31.5 Å². The minimum atomic E-state index is 0.385. The Kier molecular flexibility index (Phi) is 6.40. The van der Waals surface area contributed by atoms with E-state index in [0.717, 1.165) is 48.8 Å². The van der Waals surface area contributed by atoms with Crippen LogP contribution in [-0.2, 0) is 13.2 Å². The summed E-state index contributed by atoms with van der Waals surface area (Å²) >= 11 is 12.2. The predicted octanol–water partition coefficient (Wildman–Crippen LogP) is 5.70. The third-order valence-corrected chi connectivity index (χ3v) is 5.77. The van der Waals surface area contributed by atoms with Crippen LogP contribution >= 0.6 is 23.2 Å². The minimum absolute atomic E-state index is 0.385. The molecule has 0 bridgehead atoms. The highest BCUT2D eigenvalue weighted by atomic mass is 35.5. The molecule has 6 heteroatoms. The highest BCUT2D eigenvalue weighted by molar-refractivity contribution is 6.34. The summed E-state index contributed by atoms with van der Waals surface area (Å²) in [5.41, 5.74) is 2.16. The number of nitrogens with zero attached hydrogens (tertiary/aromatic N) is 2. The number of halogens is 2. The molecular weight excluding hydrogens is 393 g/mol. The maximum absolute atomic E-state index is 6.08. The molecule has 2 aromatic carbocycles. The van der Waals surface area contributed by atoms with Crippen LogP contribution < -0.4 is 10.1 Å². The van der Waals surface area contributed by atoms with E-state index in [-0.39, 0.29) is 0 Å². The Bertz CT molecular complexity index is 914. The number of benzene rings is 2. The zero-order valence-electron chi connectivity index (χ0n) is 15.8. The second-order valence-electron chi connectivity index (χ2n) is 7.42. The molecule has 1 aliphatic heterocycles. The lowest BCUT2D eigenvalue weighted by atomic mass is 9.95. The first kappa shape index (κ1) is 19.6. The lowest BCUT2D eigenvalue weighted by Crippen LogP contribution is -2.29. The first-order chi connectivity index (χ1) is 13.7. The molecule has 0 amide bonds. The highest BCUT2D eigenvalue weighted by Crippen LogP contribution is 2.26. The van der Waals surface area contributed by atoms with E-state index in [4.69, 9.17) is 32.9 Å². The van der Waals surface area contributed by atoms with Crippen LogP contribution in [0.25, 0.3) is 11.0 Å². The summed E-state index contributed by atoms with van der Waals surface area (Å²) in [4.78, 5) is 4.80. The first-order valence-electron chi connectivity index (χ1n) is 9.93. The van der Waals surface area contributed by atoms with Gasteiger partial charge in [-0.25, -0.2) is 4.98 Å². The molecule has 1 fully saturated rings. The SMILES string of the molecule is Clc1cc(Cl)cc(OCc2nc3ccccc3n2CCCC2CCCNC2)c1. The fraction of sp³-hybridized carbons (Fsp3) is 0.409. The lowest BCUT2D eigenvalue weighted by Gasteiger charge is -2.22. The second-order valence-corrected chi connectivity index (χ2v) is 8.29. The van der Waals surface area contributed by atoms with Crippen LogP contribution in [0.4, 0.5) is 0 Å². The standard InChI is InChI=1S/C22H25Cl2N3O/c23-17-11-18(24)13-19(12-17)28-15-22-26-20-7-1-2-8-21(20)27(22)10-4-6-16-5-3-9-25-14-16/h1-2,7-8,11-13,16,25H,3-6,9-10,14-15H2. The van der Waals surface area contributed by atoms with Gasteiger partial charge in [-0.3, -0.25) is 0 Å². The fourth-order valence-corrected chi connectivity index (χ4v) is 4.46. The Balaban J connectivity index is 1.47. The summed E-state index contributed by atoms with van der Waals surface area (Å²) in [7, 11) is 0. The normalized spacial score (nSPS) is 17.1. The molecule has 0 spiro atoms. The monoisotopic (exact) mass is 417 g/mol. The van der Waals surface area contributed by atoms with Gasteiger partial charge in [-0.05, 0) is 75.0 Å². The van der Waals surface area contributed by atoms with E-state index in [2.05, 4.69) is 28.1 Å². The van der Waals surface area contributed by atoms with Gasteiger partial charge in [-0.2, -0.15) is 0 Å². The Morgan fingerprint density at radius 1 is 1.14 bits per heavy atom. The van der Waals surface area contributed by atoms with Gasteiger partial charge in [0, 0.05) is 16.6 Å². The molecule has 28 heavy (non-hydrogen) atoms. The molecule has 0 radical (unpaired) electrons. The Labute approximate surface area is 175 Å². The number of ether oxygens (including phenoxy) is 1. The van der Waals surface area contributed by atoms with Gasteiger partial charge in [-0.1, -0.05) is 35.3 Å². The van der Waals surface area contributed by atoms with Gasteiger partial charge >= 0.3 is 0 Å². The lowest BCUT2D eigenvalue weighted by molar-refractivity contribution is 0.287. The number of aryl methyl sites for hydroxylation is 1. The van der Waals surface area contributed by atoms with Crippen molar-refractivity contribution in [3.8, 4) is 5.75 Å². The Morgan fingerprint density at radius 3 is 2.75 bits per heavy atom. The van der Waals surface area contributed by atoms with Crippen LogP contribution in [0, 0.1) is 5.92 Å². The summed E-state index contributed by atoms with van der Waals surface area (Å²) in [6.07, 6.45) is 5.01. The number of aromatic nitrogens is 2. The Morgan fingerprint density at radius 2 is 1.96 bits per heavy atom. The van der Waals surface area contributed by atoms with Crippen molar-refractivity contribution < 1.29 is 4.74 Å². The number of nitrogens with one attached hydrogen (secondary N) is 1. The van der Waals surface area contributed by atoms with E-state index in [1.54, 1.807) is 18.2 Å². The molecule has 1 aliphatic rings. The van der Waals surface area contributed by atoms with Gasteiger partial charge in [0.05, 0.1) is 11.0 Å². The number of para-hydroxylation sites is 2. The van der Waals surface area contributed by atoms with Crippen LogP contribution in [-0.4, -0.2) is 22.6 Å². The average molecular weight is 418 g/mol. The topological polar surface area (TPSA) is 39.1 Å². The van der Waals surface area contributed by atoms with E-state index in [9.17, 15) is 0 Å². The minimum Gasteiger partial charge on any atom is -0.486 e. The molecule has 3 aromatic rings. The van der Waals surface area contributed by atoms with E-state index in [1.165, 1.54) is 19.3 Å². The molecule has 1 atom stereocenters. The van der Waals surface area contributed by atoms with Gasteiger partial charge in [0.1, 0.15) is 18.2 Å². The third kappa shape index (κ3) is 4.80. The summed E-state index contributed by atoms with van der Waals surface area (Å²) in [6.45, 7) is 3.65. The summed E-state index contributed by atoms with van der Waals surface area (Å²) in [6, 6.07) is 13.5. The van der Waals surface area contributed by atoms with Crippen LogP contribution in [0.2, 0.25) is 10.0 Å². The molecule has 0 saturated carbocycles. The van der Waals surface area contributed by atoms with Crippen molar-refractivity contribution >= 4 is 34.2 Å². The largest absolute Gasteiger partial charge is 0.486 e. The third-order valence-electron chi connectivity index (χ3n) is 5.33. The molecule has 1 N–H and O–H groups in total. The van der Waals surface area contributed by atoms with Gasteiger partial charge in [0.2, 0.25) is 0 Å². The number of fused-ring (bicyclic) bond motifs is 1. The maximum atomic E-state index is 6.08. The van der Waals surface area contributed by atoms with E-state index >= 15 is 0 Å². The number of imidazole rings is 1. The van der Waals surface area contributed by atoms with E-state index in [1.807, 2.05) is 6.07 Å². The van der Waals surface area contributed by atoms with Crippen molar-refractivity contribution in [3.63, 3.8) is 0 Å². The molecule has 4 rings (SSSR count). The molecule has 1 saturated heterocycles. The predicted molar refractivity (Wildman–Crippen MR) is 115 cm³/mol. The number of piperidine rings is 1. The van der Waals surface area contributed by atoms with Crippen molar-refractivity contribution in [2.45, 2.75) is 38.8 Å². The zero-order valence-corrected chi connectivity index (χ0v) is 17.3. The van der Waals surface area contributed by atoms with Gasteiger partial charge in [-0.15, -0.1) is 0 Å². The number of hydrogen-bond acceptors (Lipinski definition) is 3. The van der Waals surface area contributed by atoms with Crippen molar-refractivity contribution in [3.05, 3.63) is 58.3 Å². The van der Waals surface area contributed by atoms with Gasteiger partial charge in [0.25, 0.3) is 0 Å². The average Bonchev–Trinajstić information content (AvgIpc) is 3.04. The zero-order chi connectivity index (χ0) is 19.3. The molecule has 148 valence electrons. The summed E-state index contributed by atoms with van der Waals surface area (Å²) in [5, 5.41) is 4.64. The maximum Gasteiger partial charge on any atom is 0.147 e. The van der Waals surface area contributed by atoms with Gasteiger partial charge < -0.3 is 14.6 Å². The molecule has 2 heterocycles. The number of rotatable bonds is 7. The van der Waals surface area contributed by atoms with Crippen LogP contribution in [0.15, 0.2) is 42.5 Å². The molecule has 1 unspecified atom stereocenters. The van der Waals surface area contributed by atoms with Gasteiger partial charge in [0.15, 0.2) is 0 Å². The molecule has 1 aromatic heterocycles. The van der Waals surface area contributed by atoms with Crippen LogP contribution in [0.5, 0.6) is 5.75 Å². The summed E-state index contributed by atoms with van der Waals surface area (Å²) < 4.78 is 8.25. The van der Waals surface area contributed by atoms with Crippen molar-refractivity contribution in [2.24, 2.45) is 5.92 Å². The fourth-order valence-electron chi connectivity index (χ4n) is 3.95. The number of hydrogen-bond donors (Lipinski definition) is 1. The Hall–Kier alpha value is -1.75. The smallest absolute Gasteiger partial charge is 0.147 e. The van der Waals surface area contributed by atoms with E-state index in [0.29, 0.717) is 22.4 Å².